The summed E-state index contributed by atoms with van der Waals surface area (Å²) in [7, 11) is 1.21. The Morgan fingerprint density at radius 2 is 2.22 bits per heavy atom. The van der Waals surface area contributed by atoms with Crippen LogP contribution in [0.3, 0.4) is 0 Å². The Morgan fingerprint density at radius 3 is 2.91 bits per heavy atom. The molecule has 10 nitrogen and oxygen atoms in total. The molecule has 0 aliphatic carbocycles. The maximum atomic E-state index is 10.9. The largest absolute Gasteiger partial charge is 0.458 e. The first-order valence-corrected chi connectivity index (χ1v) is 7.16. The standard InChI is InChI=1S/C12H15N7O3S/c1-21-12(20)19-10(15)16-4-6-2-3-8(22-6)7-5-23-11(17-7)18-9(13)14/h2-3,5H,4H2,1H3,(H4,13,14,17,18)(H3,15,16,19,20). The van der Waals surface area contributed by atoms with Crippen molar-refractivity contribution in [3.63, 3.8) is 0 Å². The minimum absolute atomic E-state index is 0.0596. The number of nitrogens with zero attached hydrogens (tertiary/aromatic N) is 3. The van der Waals surface area contributed by atoms with Crippen LogP contribution in [0, 0.1) is 0 Å². The molecule has 0 aliphatic heterocycles. The van der Waals surface area contributed by atoms with Crippen LogP contribution in [0.1, 0.15) is 5.76 Å². The number of nitrogens with one attached hydrogen (secondary N) is 1. The third-order valence-electron chi connectivity index (χ3n) is 2.46. The van der Waals surface area contributed by atoms with E-state index in [1.54, 1.807) is 17.5 Å². The van der Waals surface area contributed by atoms with Gasteiger partial charge >= 0.3 is 6.09 Å². The van der Waals surface area contributed by atoms with E-state index in [1.165, 1.54) is 18.4 Å². The Labute approximate surface area is 135 Å². The van der Waals surface area contributed by atoms with Crippen LogP contribution in [0.5, 0.6) is 0 Å². The van der Waals surface area contributed by atoms with E-state index in [9.17, 15) is 4.79 Å². The van der Waals surface area contributed by atoms with E-state index in [0.717, 1.165) is 0 Å². The summed E-state index contributed by atoms with van der Waals surface area (Å²) in [5, 5.41) is 4.93. The van der Waals surface area contributed by atoms with Crippen LogP contribution in [0.25, 0.3) is 11.5 Å². The van der Waals surface area contributed by atoms with Crippen molar-refractivity contribution >= 4 is 34.5 Å². The quantitative estimate of drug-likeness (QED) is 0.461. The summed E-state index contributed by atoms with van der Waals surface area (Å²) in [6.07, 6.45) is -0.787. The molecule has 0 bridgehead atoms. The second kappa shape index (κ2) is 7.26. The molecule has 11 heteroatoms. The Balaban J connectivity index is 2.01. The monoisotopic (exact) mass is 337 g/mol. The Hall–Kier alpha value is -3.08. The van der Waals surface area contributed by atoms with Crippen LogP contribution in [0.2, 0.25) is 0 Å². The van der Waals surface area contributed by atoms with E-state index >= 15 is 0 Å². The van der Waals surface area contributed by atoms with Gasteiger partial charge in [0, 0.05) is 5.38 Å². The summed E-state index contributed by atoms with van der Waals surface area (Å²) < 4.78 is 9.97. The average Bonchev–Trinajstić information content (AvgIpc) is 3.13. The number of guanidine groups is 2. The van der Waals surface area contributed by atoms with E-state index < -0.39 is 6.09 Å². The maximum Gasteiger partial charge on any atom is 0.436 e. The Bertz CT molecular complexity index is 745. The molecular formula is C12H15N7O3S. The van der Waals surface area contributed by atoms with Crippen LogP contribution in [0.15, 0.2) is 31.9 Å². The Morgan fingerprint density at radius 1 is 1.43 bits per heavy atom. The fourth-order valence-corrected chi connectivity index (χ4v) is 2.21. The highest BCUT2D eigenvalue weighted by Gasteiger charge is 2.09. The van der Waals surface area contributed by atoms with Gasteiger partial charge in [-0.05, 0) is 12.1 Å². The summed E-state index contributed by atoms with van der Waals surface area (Å²) >= 11 is 1.28. The lowest BCUT2D eigenvalue weighted by atomic mass is 10.3. The van der Waals surface area contributed by atoms with Crippen molar-refractivity contribution in [1.82, 2.24) is 10.3 Å². The first-order valence-electron chi connectivity index (χ1n) is 6.28. The van der Waals surface area contributed by atoms with Crippen LogP contribution in [0.4, 0.5) is 9.93 Å². The van der Waals surface area contributed by atoms with Gasteiger partial charge in [-0.25, -0.2) is 9.78 Å². The molecule has 0 atom stereocenters. The molecule has 122 valence electrons. The number of methoxy groups -OCH3 is 1. The second-order valence-corrected chi connectivity index (χ2v) is 4.98. The highest BCUT2D eigenvalue weighted by molar-refractivity contribution is 7.13. The molecule has 2 rings (SSSR count). The number of carbonyl (C=O) groups excluding carboxylic acids is 1. The molecule has 23 heavy (non-hydrogen) atoms. The highest BCUT2D eigenvalue weighted by Crippen LogP contribution is 2.27. The van der Waals surface area contributed by atoms with Crippen LogP contribution in [-0.2, 0) is 11.3 Å². The fourth-order valence-electron chi connectivity index (χ4n) is 1.51. The topological polar surface area (TPSA) is 167 Å². The van der Waals surface area contributed by atoms with Crippen LogP contribution < -0.4 is 22.5 Å². The number of carbonyl (C=O) groups is 1. The van der Waals surface area contributed by atoms with Gasteiger partial charge in [0.15, 0.2) is 17.7 Å². The van der Waals surface area contributed by atoms with Gasteiger partial charge in [-0.1, -0.05) is 0 Å². The highest BCUT2D eigenvalue weighted by atomic mass is 32.1. The summed E-state index contributed by atoms with van der Waals surface area (Å²) in [6.45, 7) is 0.247. The number of aromatic nitrogens is 1. The van der Waals surface area contributed by atoms with Gasteiger partial charge in [0.05, 0.1) is 13.7 Å². The lowest BCUT2D eigenvalue weighted by molar-refractivity contribution is 0.182. The van der Waals surface area contributed by atoms with Gasteiger partial charge in [-0.3, -0.25) is 0 Å². The molecule has 0 aliphatic rings. The van der Waals surface area contributed by atoms with Crippen molar-refractivity contribution in [1.29, 1.82) is 0 Å². The van der Waals surface area contributed by atoms with Gasteiger partial charge in [0.25, 0.3) is 0 Å². The summed E-state index contributed by atoms with van der Waals surface area (Å²) in [4.78, 5) is 22.4. The maximum absolute atomic E-state index is 10.9. The minimum atomic E-state index is -0.787. The number of aliphatic imine (C=N–C) groups is 2. The summed E-state index contributed by atoms with van der Waals surface area (Å²) in [5.41, 5.74) is 16.7. The van der Waals surface area contributed by atoms with Gasteiger partial charge in [-0.2, -0.15) is 4.99 Å². The van der Waals surface area contributed by atoms with Crippen molar-refractivity contribution in [3.05, 3.63) is 23.3 Å². The lowest BCUT2D eigenvalue weighted by Crippen LogP contribution is -2.31. The predicted octanol–water partition coefficient (Wildman–Crippen LogP) is 0.479. The lowest BCUT2D eigenvalue weighted by Gasteiger charge is -2.02. The molecule has 2 aromatic rings. The van der Waals surface area contributed by atoms with Crippen molar-refractivity contribution in [3.8, 4) is 11.5 Å². The predicted molar refractivity (Wildman–Crippen MR) is 86.2 cm³/mol. The Kier molecular flexibility index (Phi) is 5.15. The van der Waals surface area contributed by atoms with E-state index in [2.05, 4.69) is 25.0 Å². The smallest absolute Gasteiger partial charge is 0.436 e. The molecule has 0 radical (unpaired) electrons. The number of thiazole rings is 1. The molecule has 7 N–H and O–H groups in total. The van der Waals surface area contributed by atoms with Crippen molar-refractivity contribution in [2.75, 3.05) is 7.11 Å². The molecule has 0 aromatic carbocycles. The number of amides is 1. The number of ether oxygens (including phenoxy) is 1. The first-order chi connectivity index (χ1) is 11.0. The normalized spacial score (nSPS) is 11.1. The second-order valence-electron chi connectivity index (χ2n) is 4.14. The molecule has 0 saturated carbocycles. The van der Waals surface area contributed by atoms with Crippen LogP contribution >= 0.6 is 11.3 Å². The van der Waals surface area contributed by atoms with E-state index in [0.29, 0.717) is 22.3 Å². The van der Waals surface area contributed by atoms with Crippen molar-refractivity contribution in [2.45, 2.75) is 6.54 Å². The molecule has 0 fully saturated rings. The SMILES string of the molecule is COC(=O)/N=C(/N)NCc1ccc(-c2csc(N=C(N)N)n2)o1. The fraction of sp³-hybridized carbons (Fsp3) is 0.167. The number of hydrogen-bond acceptors (Lipinski definition) is 6. The molecule has 0 unspecified atom stereocenters. The first kappa shape index (κ1) is 16.3. The van der Waals surface area contributed by atoms with Crippen molar-refractivity contribution < 1.29 is 13.9 Å². The minimum Gasteiger partial charge on any atom is -0.458 e. The summed E-state index contributed by atoms with van der Waals surface area (Å²) in [5.74, 6) is 1.01. The molecule has 2 aromatic heterocycles. The average molecular weight is 337 g/mol. The number of rotatable bonds is 4. The molecule has 2 heterocycles. The zero-order valence-electron chi connectivity index (χ0n) is 12.1. The number of nitrogens with two attached hydrogens (primary N) is 3. The zero-order valence-corrected chi connectivity index (χ0v) is 13.0. The third kappa shape index (κ3) is 4.71. The molecule has 1 amide bonds. The molecular weight excluding hydrogens is 322 g/mol. The molecule has 0 spiro atoms. The van der Waals surface area contributed by atoms with Gasteiger partial charge in [0.2, 0.25) is 5.13 Å². The summed E-state index contributed by atoms with van der Waals surface area (Å²) in [6, 6.07) is 3.49. The third-order valence-corrected chi connectivity index (χ3v) is 3.20. The number of hydrogen-bond donors (Lipinski definition) is 4. The van der Waals surface area contributed by atoms with E-state index in [1.807, 2.05) is 0 Å². The van der Waals surface area contributed by atoms with E-state index in [-0.39, 0.29) is 18.5 Å². The van der Waals surface area contributed by atoms with Gasteiger partial charge in [0.1, 0.15) is 11.5 Å². The molecule has 0 saturated heterocycles. The van der Waals surface area contributed by atoms with Gasteiger partial charge in [-0.15, -0.1) is 16.3 Å². The van der Waals surface area contributed by atoms with Gasteiger partial charge < -0.3 is 31.7 Å². The zero-order chi connectivity index (χ0) is 16.8. The van der Waals surface area contributed by atoms with Crippen LogP contribution in [-0.4, -0.2) is 30.1 Å². The van der Waals surface area contributed by atoms with Crippen molar-refractivity contribution in [2.24, 2.45) is 27.2 Å². The van der Waals surface area contributed by atoms with E-state index in [4.69, 9.17) is 21.6 Å². The number of furan rings is 1.